The van der Waals surface area contributed by atoms with Gasteiger partial charge in [-0.25, -0.2) is 0 Å². The number of carbonyl (C=O) groups is 2. The number of hydrogen-bond acceptors (Lipinski definition) is 3. The van der Waals surface area contributed by atoms with Crippen molar-refractivity contribution in [2.24, 2.45) is 5.92 Å². The number of carbonyl (C=O) groups excluding carboxylic acids is 2. The number of aromatic nitrogens is 1. The van der Waals surface area contributed by atoms with Gasteiger partial charge >= 0.3 is 0 Å². The highest BCUT2D eigenvalue weighted by Crippen LogP contribution is 2.21. The van der Waals surface area contributed by atoms with Crippen molar-refractivity contribution in [1.82, 2.24) is 9.88 Å². The van der Waals surface area contributed by atoms with Crippen molar-refractivity contribution in [3.05, 3.63) is 58.9 Å². The normalized spacial score (nSPS) is 17.0. The van der Waals surface area contributed by atoms with Gasteiger partial charge in [-0.05, 0) is 55.9 Å². The molecular weight excluding hydrogens is 326 g/mol. The molecule has 0 aliphatic carbocycles. The van der Waals surface area contributed by atoms with Crippen LogP contribution >= 0.6 is 0 Å². The molecule has 1 fully saturated rings. The molecule has 2 heterocycles. The summed E-state index contributed by atoms with van der Waals surface area (Å²) in [7, 11) is 0. The number of aryl methyl sites for hydroxylation is 2. The zero-order valence-electron chi connectivity index (χ0n) is 15.6. The summed E-state index contributed by atoms with van der Waals surface area (Å²) in [6.07, 6.45) is 3.71. The number of likely N-dealkylation sites (tertiary alicyclic amines) is 1. The fourth-order valence-electron chi connectivity index (χ4n) is 3.43. The van der Waals surface area contributed by atoms with E-state index in [1.807, 2.05) is 36.9 Å². The average molecular weight is 351 g/mol. The van der Waals surface area contributed by atoms with Crippen LogP contribution in [0.3, 0.4) is 0 Å². The number of piperidine rings is 1. The van der Waals surface area contributed by atoms with Crippen molar-refractivity contribution >= 4 is 17.5 Å². The number of rotatable bonds is 3. The number of nitrogens with one attached hydrogen (secondary N) is 1. The summed E-state index contributed by atoms with van der Waals surface area (Å²) >= 11 is 0. The molecule has 5 nitrogen and oxygen atoms in total. The van der Waals surface area contributed by atoms with E-state index in [2.05, 4.69) is 17.2 Å². The Morgan fingerprint density at radius 3 is 2.62 bits per heavy atom. The minimum atomic E-state index is -0.302. The first kappa shape index (κ1) is 18.1. The van der Waals surface area contributed by atoms with Crippen LogP contribution in [0.1, 0.15) is 51.7 Å². The Hall–Kier alpha value is -2.69. The second-order valence-electron chi connectivity index (χ2n) is 7.15. The Balaban J connectivity index is 1.78. The molecule has 0 bridgehead atoms. The van der Waals surface area contributed by atoms with Gasteiger partial charge in [-0.1, -0.05) is 25.1 Å². The number of hydrogen-bond donors (Lipinski definition) is 1. The zero-order chi connectivity index (χ0) is 18.7. The van der Waals surface area contributed by atoms with Crippen LogP contribution in [0.25, 0.3) is 0 Å². The number of para-hydroxylation sites is 1. The van der Waals surface area contributed by atoms with Gasteiger partial charge in [0.15, 0.2) is 0 Å². The number of anilines is 1. The van der Waals surface area contributed by atoms with Gasteiger partial charge in [0.25, 0.3) is 11.8 Å². The van der Waals surface area contributed by atoms with Crippen LogP contribution in [-0.2, 0) is 0 Å². The zero-order valence-corrected chi connectivity index (χ0v) is 15.6. The van der Waals surface area contributed by atoms with Crippen molar-refractivity contribution in [3.63, 3.8) is 0 Å². The van der Waals surface area contributed by atoms with Crippen LogP contribution in [0.5, 0.6) is 0 Å². The highest BCUT2D eigenvalue weighted by Gasteiger charge is 2.23. The van der Waals surface area contributed by atoms with Crippen LogP contribution in [0.4, 0.5) is 5.69 Å². The van der Waals surface area contributed by atoms with Crippen molar-refractivity contribution in [2.45, 2.75) is 33.6 Å². The number of pyridine rings is 1. The molecule has 0 saturated carbocycles. The molecule has 3 rings (SSSR count). The first-order valence-corrected chi connectivity index (χ1v) is 9.08. The maximum Gasteiger partial charge on any atom is 0.274 e. The maximum atomic E-state index is 12.8. The summed E-state index contributed by atoms with van der Waals surface area (Å²) in [5, 5.41) is 2.92. The predicted molar refractivity (Wildman–Crippen MR) is 102 cm³/mol. The van der Waals surface area contributed by atoms with E-state index in [0.29, 0.717) is 11.5 Å². The van der Waals surface area contributed by atoms with Crippen LogP contribution < -0.4 is 5.32 Å². The van der Waals surface area contributed by atoms with Gasteiger partial charge in [-0.15, -0.1) is 0 Å². The summed E-state index contributed by atoms with van der Waals surface area (Å²) in [5.41, 5.74) is 3.55. The lowest BCUT2D eigenvalue weighted by molar-refractivity contribution is 0.0683. The topological polar surface area (TPSA) is 62.3 Å². The highest BCUT2D eigenvalue weighted by atomic mass is 16.2. The lowest BCUT2D eigenvalue weighted by Crippen LogP contribution is -2.39. The summed E-state index contributed by atoms with van der Waals surface area (Å²) in [4.78, 5) is 31.4. The molecule has 1 aliphatic rings. The minimum Gasteiger partial charge on any atom is -0.338 e. The Morgan fingerprint density at radius 1 is 1.19 bits per heavy atom. The smallest absolute Gasteiger partial charge is 0.274 e. The maximum absolute atomic E-state index is 12.8. The van der Waals surface area contributed by atoms with Crippen molar-refractivity contribution < 1.29 is 9.59 Å². The van der Waals surface area contributed by atoms with Crippen molar-refractivity contribution in [3.8, 4) is 0 Å². The molecule has 136 valence electrons. The third-order valence-corrected chi connectivity index (χ3v) is 4.90. The second-order valence-corrected chi connectivity index (χ2v) is 7.15. The molecule has 1 unspecified atom stereocenters. The molecular formula is C21H25N3O2. The molecule has 1 aromatic carbocycles. The summed E-state index contributed by atoms with van der Waals surface area (Å²) in [5.74, 6) is 0.186. The van der Waals surface area contributed by atoms with Crippen molar-refractivity contribution in [1.29, 1.82) is 0 Å². The predicted octanol–water partition coefficient (Wildman–Crippen LogP) is 3.82. The van der Waals surface area contributed by atoms with Crippen LogP contribution in [-0.4, -0.2) is 34.8 Å². The van der Waals surface area contributed by atoms with E-state index >= 15 is 0 Å². The van der Waals surface area contributed by atoms with E-state index in [0.717, 1.165) is 42.7 Å². The summed E-state index contributed by atoms with van der Waals surface area (Å²) < 4.78 is 0. The van der Waals surface area contributed by atoms with E-state index in [-0.39, 0.29) is 17.5 Å². The Kier molecular flexibility index (Phi) is 5.35. The minimum absolute atomic E-state index is 0.0277. The van der Waals surface area contributed by atoms with Crippen LogP contribution in [0.2, 0.25) is 0 Å². The van der Waals surface area contributed by atoms with Gasteiger partial charge in [0, 0.05) is 30.5 Å². The quantitative estimate of drug-likeness (QED) is 0.914. The van der Waals surface area contributed by atoms with Gasteiger partial charge in [-0.2, -0.15) is 0 Å². The van der Waals surface area contributed by atoms with Crippen LogP contribution in [0, 0.1) is 19.8 Å². The first-order valence-electron chi connectivity index (χ1n) is 9.08. The molecule has 2 aromatic rings. The number of benzene rings is 1. The molecule has 0 spiro atoms. The molecule has 1 aromatic heterocycles. The Bertz CT molecular complexity index is 812. The second kappa shape index (κ2) is 7.68. The molecule has 0 radical (unpaired) electrons. The fraction of sp³-hybridized carbons (Fsp3) is 0.381. The van der Waals surface area contributed by atoms with Gasteiger partial charge in [-0.3, -0.25) is 14.6 Å². The van der Waals surface area contributed by atoms with E-state index in [9.17, 15) is 9.59 Å². The molecule has 1 aliphatic heterocycles. The van der Waals surface area contributed by atoms with Gasteiger partial charge < -0.3 is 10.2 Å². The van der Waals surface area contributed by atoms with Crippen molar-refractivity contribution in [2.75, 3.05) is 18.4 Å². The van der Waals surface area contributed by atoms with Crippen LogP contribution in [0.15, 0.2) is 36.5 Å². The Morgan fingerprint density at radius 2 is 1.92 bits per heavy atom. The molecule has 26 heavy (non-hydrogen) atoms. The monoisotopic (exact) mass is 351 g/mol. The van der Waals surface area contributed by atoms with Gasteiger partial charge in [0.2, 0.25) is 0 Å². The lowest BCUT2D eigenvalue weighted by atomic mass is 9.99. The van der Waals surface area contributed by atoms with E-state index in [1.54, 1.807) is 12.1 Å². The largest absolute Gasteiger partial charge is 0.338 e. The van der Waals surface area contributed by atoms with E-state index in [1.165, 1.54) is 6.20 Å². The SMILES string of the molecule is Cc1cccc(C)c1NC(=O)c1cc(C(=O)N2CCCC(C)C2)ccn1. The molecule has 1 atom stereocenters. The highest BCUT2D eigenvalue weighted by molar-refractivity contribution is 6.05. The molecule has 1 saturated heterocycles. The molecule has 1 N–H and O–H groups in total. The van der Waals surface area contributed by atoms with E-state index < -0.39 is 0 Å². The number of nitrogens with zero attached hydrogens (tertiary/aromatic N) is 2. The lowest BCUT2D eigenvalue weighted by Gasteiger charge is -2.31. The number of amides is 2. The Labute approximate surface area is 154 Å². The fourth-order valence-corrected chi connectivity index (χ4v) is 3.43. The summed E-state index contributed by atoms with van der Waals surface area (Å²) in [6, 6.07) is 9.13. The standard InChI is InChI=1S/C21H25N3O2/c1-14-6-5-11-24(13-14)21(26)17-9-10-22-18(12-17)20(25)23-19-15(2)7-4-8-16(19)3/h4,7-10,12,14H,5-6,11,13H2,1-3H3,(H,23,25). The first-order chi connectivity index (χ1) is 12.5. The van der Waals surface area contributed by atoms with Gasteiger partial charge in [0.1, 0.15) is 5.69 Å². The van der Waals surface area contributed by atoms with E-state index in [4.69, 9.17) is 0 Å². The molecule has 2 amide bonds. The third-order valence-electron chi connectivity index (χ3n) is 4.90. The average Bonchev–Trinajstić information content (AvgIpc) is 2.64. The molecule has 5 heteroatoms. The summed E-state index contributed by atoms with van der Waals surface area (Å²) in [6.45, 7) is 7.61. The third kappa shape index (κ3) is 3.93. The van der Waals surface area contributed by atoms with Gasteiger partial charge in [0.05, 0.1) is 0 Å².